The van der Waals surface area contributed by atoms with E-state index in [1.54, 1.807) is 6.07 Å². The summed E-state index contributed by atoms with van der Waals surface area (Å²) in [6.07, 6.45) is 4.50. The van der Waals surface area contributed by atoms with Crippen LogP contribution in [0, 0.1) is 0 Å². The number of hydrogen-bond acceptors (Lipinski definition) is 4. The highest BCUT2D eigenvalue weighted by Gasteiger charge is 2.44. The second-order valence-electron chi connectivity index (χ2n) is 5.45. The van der Waals surface area contributed by atoms with Gasteiger partial charge in [-0.15, -0.1) is 0 Å². The molecule has 6 heteroatoms. The molecule has 0 amide bonds. The van der Waals surface area contributed by atoms with Crippen LogP contribution in [-0.4, -0.2) is 31.6 Å². The number of carboxylic acid groups (broad SMARTS) is 1. The van der Waals surface area contributed by atoms with Crippen LogP contribution >= 0.6 is 15.9 Å². The van der Waals surface area contributed by atoms with Crippen molar-refractivity contribution in [2.45, 2.75) is 37.5 Å². The summed E-state index contributed by atoms with van der Waals surface area (Å²) < 4.78 is 11.3. The summed E-state index contributed by atoms with van der Waals surface area (Å²) >= 11 is 3.34. The summed E-state index contributed by atoms with van der Waals surface area (Å²) in [5.41, 5.74) is -0.114. The lowest BCUT2D eigenvalue weighted by Gasteiger charge is -2.35. The minimum atomic E-state index is -0.999. The number of carboxylic acids is 1. The summed E-state index contributed by atoms with van der Waals surface area (Å²) in [5, 5.41) is 9.86. The lowest BCUT2D eigenvalue weighted by Crippen LogP contribution is -2.38. The number of ether oxygens (including phenoxy) is 2. The molecule has 1 aliphatic rings. The molecule has 0 aliphatic heterocycles. The second kappa shape index (κ2) is 6.69. The number of aldehydes is 1. The van der Waals surface area contributed by atoms with Crippen molar-refractivity contribution >= 4 is 28.2 Å². The average molecular weight is 371 g/mol. The van der Waals surface area contributed by atoms with Crippen molar-refractivity contribution in [2.24, 2.45) is 0 Å². The first-order valence-corrected chi connectivity index (χ1v) is 7.94. The van der Waals surface area contributed by atoms with Crippen LogP contribution in [0.5, 0.6) is 11.5 Å². The van der Waals surface area contributed by atoms with Crippen molar-refractivity contribution < 1.29 is 24.2 Å². The molecule has 120 valence electrons. The Morgan fingerprint density at radius 1 is 1.23 bits per heavy atom. The highest BCUT2D eigenvalue weighted by molar-refractivity contribution is 9.10. The Balaban J connectivity index is 2.75. The van der Waals surface area contributed by atoms with Crippen LogP contribution < -0.4 is 9.47 Å². The molecular formula is C16H19BrO5. The van der Waals surface area contributed by atoms with Crippen molar-refractivity contribution in [2.75, 3.05) is 14.2 Å². The topological polar surface area (TPSA) is 72.8 Å². The lowest BCUT2D eigenvalue weighted by atomic mass is 9.69. The standard InChI is InChI=1S/C16H19BrO5/c1-21-13-10(9-18)12(17)8-11(14(13)22-2)16(15(19)20)6-4-3-5-7-16/h8-9H,3-7H2,1-2H3,(H,19,20). The van der Waals surface area contributed by atoms with E-state index < -0.39 is 11.4 Å². The molecule has 0 unspecified atom stereocenters. The number of benzene rings is 1. The fourth-order valence-electron chi connectivity index (χ4n) is 3.25. The number of carbonyl (C=O) groups is 2. The summed E-state index contributed by atoms with van der Waals surface area (Å²) in [6.45, 7) is 0. The molecule has 1 saturated carbocycles. The van der Waals surface area contributed by atoms with Crippen LogP contribution in [0.1, 0.15) is 48.0 Å². The molecule has 1 aliphatic carbocycles. The van der Waals surface area contributed by atoms with Crippen LogP contribution in [0.25, 0.3) is 0 Å². The molecule has 1 fully saturated rings. The van der Waals surface area contributed by atoms with E-state index in [1.165, 1.54) is 14.2 Å². The molecule has 0 bridgehead atoms. The van der Waals surface area contributed by atoms with Gasteiger partial charge in [0.15, 0.2) is 17.8 Å². The van der Waals surface area contributed by atoms with E-state index in [1.807, 2.05) is 0 Å². The van der Waals surface area contributed by atoms with Gasteiger partial charge in [-0.3, -0.25) is 9.59 Å². The maximum absolute atomic E-state index is 12.0. The van der Waals surface area contributed by atoms with Crippen LogP contribution in [0.3, 0.4) is 0 Å². The molecule has 0 atom stereocenters. The third-order valence-corrected chi connectivity index (χ3v) is 5.04. The largest absolute Gasteiger partial charge is 0.493 e. The Kier molecular flexibility index (Phi) is 5.11. The summed E-state index contributed by atoms with van der Waals surface area (Å²) in [4.78, 5) is 23.3. The van der Waals surface area contributed by atoms with Crippen molar-refractivity contribution in [3.05, 3.63) is 21.7 Å². The zero-order chi connectivity index (χ0) is 16.3. The fraction of sp³-hybridized carbons (Fsp3) is 0.500. The van der Waals surface area contributed by atoms with Crippen LogP contribution in [0.15, 0.2) is 10.5 Å². The van der Waals surface area contributed by atoms with Gasteiger partial charge in [-0.05, 0) is 34.8 Å². The molecule has 0 aromatic heterocycles. The van der Waals surface area contributed by atoms with E-state index in [9.17, 15) is 14.7 Å². The van der Waals surface area contributed by atoms with E-state index >= 15 is 0 Å². The van der Waals surface area contributed by atoms with Crippen LogP contribution in [-0.2, 0) is 10.2 Å². The van der Waals surface area contributed by atoms with Gasteiger partial charge >= 0.3 is 5.97 Å². The Morgan fingerprint density at radius 2 is 1.82 bits per heavy atom. The van der Waals surface area contributed by atoms with Gasteiger partial charge in [0.1, 0.15) is 0 Å². The number of aliphatic carboxylic acids is 1. The zero-order valence-electron chi connectivity index (χ0n) is 12.6. The third-order valence-electron chi connectivity index (χ3n) is 4.38. The first kappa shape index (κ1) is 16.8. The smallest absolute Gasteiger partial charge is 0.314 e. The number of carbonyl (C=O) groups excluding carboxylic acids is 1. The molecule has 0 heterocycles. The number of rotatable bonds is 5. The summed E-state index contributed by atoms with van der Waals surface area (Å²) in [6, 6.07) is 1.69. The van der Waals surface area contributed by atoms with Crippen LogP contribution in [0.2, 0.25) is 0 Å². The lowest BCUT2D eigenvalue weighted by molar-refractivity contribution is -0.145. The monoisotopic (exact) mass is 370 g/mol. The maximum atomic E-state index is 12.0. The molecule has 0 radical (unpaired) electrons. The van der Waals surface area contributed by atoms with E-state index in [2.05, 4.69) is 15.9 Å². The minimum Gasteiger partial charge on any atom is -0.493 e. The summed E-state index contributed by atoms with van der Waals surface area (Å²) in [5.74, 6) is -0.261. The number of hydrogen-bond donors (Lipinski definition) is 1. The molecule has 1 aromatic rings. The van der Waals surface area contributed by atoms with Crippen LogP contribution in [0.4, 0.5) is 0 Å². The molecule has 1 aromatic carbocycles. The minimum absolute atomic E-state index is 0.271. The van der Waals surface area contributed by atoms with Crippen molar-refractivity contribution in [1.82, 2.24) is 0 Å². The van der Waals surface area contributed by atoms with Gasteiger partial charge in [-0.25, -0.2) is 0 Å². The van der Waals surface area contributed by atoms with Crippen molar-refractivity contribution in [3.63, 3.8) is 0 Å². The molecule has 22 heavy (non-hydrogen) atoms. The van der Waals surface area contributed by atoms with Gasteiger partial charge in [-0.2, -0.15) is 0 Å². The van der Waals surface area contributed by atoms with Crippen molar-refractivity contribution in [3.8, 4) is 11.5 Å². The molecular weight excluding hydrogens is 352 g/mol. The second-order valence-corrected chi connectivity index (χ2v) is 6.31. The third kappa shape index (κ3) is 2.60. The van der Waals surface area contributed by atoms with Gasteiger partial charge in [0, 0.05) is 10.0 Å². The maximum Gasteiger partial charge on any atom is 0.314 e. The Labute approximate surface area is 137 Å². The predicted octanol–water partition coefficient (Wildman–Crippen LogP) is 3.57. The molecule has 1 N–H and O–H groups in total. The molecule has 2 rings (SSSR count). The zero-order valence-corrected chi connectivity index (χ0v) is 14.2. The Hall–Kier alpha value is -1.56. The van der Waals surface area contributed by atoms with E-state index in [0.29, 0.717) is 40.5 Å². The normalized spacial score (nSPS) is 16.9. The van der Waals surface area contributed by atoms with Gasteiger partial charge in [0.05, 0.1) is 25.2 Å². The predicted molar refractivity (Wildman–Crippen MR) is 85.0 cm³/mol. The quantitative estimate of drug-likeness (QED) is 0.802. The molecule has 5 nitrogen and oxygen atoms in total. The average Bonchev–Trinajstić information content (AvgIpc) is 2.54. The van der Waals surface area contributed by atoms with Crippen molar-refractivity contribution in [1.29, 1.82) is 0 Å². The Morgan fingerprint density at radius 3 is 2.27 bits per heavy atom. The van der Waals surface area contributed by atoms with E-state index in [4.69, 9.17) is 9.47 Å². The van der Waals surface area contributed by atoms with E-state index in [-0.39, 0.29) is 5.75 Å². The first-order valence-electron chi connectivity index (χ1n) is 7.15. The summed E-state index contributed by atoms with van der Waals surface area (Å²) in [7, 11) is 2.90. The van der Waals surface area contributed by atoms with Gasteiger partial charge in [0.2, 0.25) is 0 Å². The highest BCUT2D eigenvalue weighted by Crippen LogP contribution is 2.49. The number of methoxy groups -OCH3 is 2. The fourth-order valence-corrected chi connectivity index (χ4v) is 3.75. The highest BCUT2D eigenvalue weighted by atomic mass is 79.9. The van der Waals surface area contributed by atoms with Gasteiger partial charge in [0.25, 0.3) is 0 Å². The SMILES string of the molecule is COc1c(C2(C(=O)O)CCCCC2)cc(Br)c(C=O)c1OC. The van der Waals surface area contributed by atoms with Gasteiger partial charge < -0.3 is 14.6 Å². The number of halogens is 1. The molecule has 0 spiro atoms. The first-order chi connectivity index (χ1) is 10.5. The van der Waals surface area contributed by atoms with E-state index in [0.717, 1.165) is 19.3 Å². The Bertz CT molecular complexity index is 591. The molecule has 0 saturated heterocycles. The van der Waals surface area contributed by atoms with Gasteiger partial charge in [-0.1, -0.05) is 19.3 Å².